The Morgan fingerprint density at radius 1 is 1.32 bits per heavy atom. The summed E-state index contributed by atoms with van der Waals surface area (Å²) in [6.07, 6.45) is -3.75. The van der Waals surface area contributed by atoms with Gasteiger partial charge in [-0.1, -0.05) is 6.92 Å². The molecule has 1 unspecified atom stereocenters. The number of nitrogens with two attached hydrogens (primary N) is 1. The lowest BCUT2D eigenvalue weighted by atomic mass is 10.1. The Labute approximate surface area is 110 Å². The lowest BCUT2D eigenvalue weighted by Gasteiger charge is -2.28. The number of alkyl halides is 3. The maximum Gasteiger partial charge on any atom is 0.405 e. The fourth-order valence-electron chi connectivity index (χ4n) is 1.95. The molecular weight excluding hydrogens is 260 g/mol. The molecule has 6 heteroatoms. The average molecular weight is 278 g/mol. The molecule has 2 N–H and O–H groups in total. The van der Waals surface area contributed by atoms with Crippen LogP contribution in [-0.4, -0.2) is 19.3 Å². The molecule has 0 aromatic heterocycles. The second-order valence-corrected chi connectivity index (χ2v) is 4.53. The molecule has 0 aliphatic rings. The van der Waals surface area contributed by atoms with Gasteiger partial charge in [-0.05, 0) is 37.1 Å². The van der Waals surface area contributed by atoms with Crippen molar-refractivity contribution in [3.63, 3.8) is 0 Å². The summed E-state index contributed by atoms with van der Waals surface area (Å²) >= 11 is 0. The fraction of sp³-hybridized carbons (Fsp3) is 0.538. The van der Waals surface area contributed by atoms with Gasteiger partial charge in [-0.25, -0.2) is 4.39 Å². The molecular formula is C13H18F4N2. The van der Waals surface area contributed by atoms with Crippen molar-refractivity contribution < 1.29 is 17.6 Å². The average Bonchev–Trinajstić information content (AvgIpc) is 2.26. The summed E-state index contributed by atoms with van der Waals surface area (Å²) in [6, 6.07) is 3.17. The van der Waals surface area contributed by atoms with Gasteiger partial charge in [-0.15, -0.1) is 0 Å². The summed E-state index contributed by atoms with van der Waals surface area (Å²) in [5.41, 5.74) is 6.44. The van der Waals surface area contributed by atoms with Crippen molar-refractivity contribution in [3.05, 3.63) is 29.6 Å². The van der Waals surface area contributed by atoms with Crippen molar-refractivity contribution in [2.24, 2.45) is 5.73 Å². The molecule has 0 saturated carbocycles. The highest BCUT2D eigenvalue weighted by Crippen LogP contribution is 2.29. The van der Waals surface area contributed by atoms with Crippen LogP contribution in [0.15, 0.2) is 18.2 Å². The highest BCUT2D eigenvalue weighted by molar-refractivity contribution is 5.55. The van der Waals surface area contributed by atoms with Crippen LogP contribution in [0.2, 0.25) is 0 Å². The van der Waals surface area contributed by atoms with E-state index < -0.39 is 24.6 Å². The molecule has 108 valence electrons. The first-order valence-electron chi connectivity index (χ1n) is 6.11. The molecule has 2 nitrogen and oxygen atoms in total. The first kappa shape index (κ1) is 15.8. The molecule has 1 aromatic carbocycles. The molecule has 0 spiro atoms. The zero-order valence-electron chi connectivity index (χ0n) is 11.0. The van der Waals surface area contributed by atoms with Crippen molar-refractivity contribution >= 4 is 5.69 Å². The van der Waals surface area contributed by atoms with Gasteiger partial charge in [0.05, 0.1) is 0 Å². The van der Waals surface area contributed by atoms with Crippen LogP contribution >= 0.6 is 0 Å². The number of rotatable bonds is 5. The van der Waals surface area contributed by atoms with Gasteiger partial charge in [0.1, 0.15) is 12.4 Å². The zero-order valence-corrected chi connectivity index (χ0v) is 11.0. The number of nitrogens with zero attached hydrogens (tertiary/aromatic N) is 1. The Morgan fingerprint density at radius 2 is 1.95 bits per heavy atom. The SMILES string of the molecule is CCCN(CC(F)(F)F)c1ccc(F)cc1C(C)N. The van der Waals surface area contributed by atoms with Crippen molar-refractivity contribution in [2.45, 2.75) is 32.5 Å². The summed E-state index contributed by atoms with van der Waals surface area (Å²) in [5, 5.41) is 0. The molecule has 19 heavy (non-hydrogen) atoms. The van der Waals surface area contributed by atoms with Crippen LogP contribution in [-0.2, 0) is 0 Å². The van der Waals surface area contributed by atoms with Crippen LogP contribution in [0.25, 0.3) is 0 Å². The molecule has 0 amide bonds. The lowest BCUT2D eigenvalue weighted by molar-refractivity contribution is -0.119. The third kappa shape index (κ3) is 4.70. The minimum Gasteiger partial charge on any atom is -0.362 e. The third-order valence-electron chi connectivity index (χ3n) is 2.68. The minimum atomic E-state index is -4.31. The number of hydrogen-bond acceptors (Lipinski definition) is 2. The topological polar surface area (TPSA) is 29.3 Å². The van der Waals surface area contributed by atoms with Crippen LogP contribution in [0, 0.1) is 5.82 Å². The predicted molar refractivity (Wildman–Crippen MR) is 67.6 cm³/mol. The standard InChI is InChI=1S/C13H18F4N2/c1-3-6-19(8-13(15,16)17)12-5-4-10(14)7-11(12)9(2)18/h4-5,7,9H,3,6,8,18H2,1-2H3. The van der Waals surface area contributed by atoms with E-state index in [9.17, 15) is 17.6 Å². The third-order valence-corrected chi connectivity index (χ3v) is 2.68. The van der Waals surface area contributed by atoms with E-state index in [1.54, 1.807) is 13.8 Å². The molecule has 0 bridgehead atoms. The first-order chi connectivity index (χ1) is 8.74. The summed E-state index contributed by atoms with van der Waals surface area (Å²) in [5.74, 6) is -0.500. The van der Waals surface area contributed by atoms with Crippen molar-refractivity contribution in [2.75, 3.05) is 18.0 Å². The Kier molecular flexibility index (Phi) is 5.17. The fourth-order valence-corrected chi connectivity index (χ4v) is 1.95. The van der Waals surface area contributed by atoms with E-state index >= 15 is 0 Å². The van der Waals surface area contributed by atoms with Gasteiger partial charge in [0.25, 0.3) is 0 Å². The maximum absolute atomic E-state index is 13.2. The van der Waals surface area contributed by atoms with E-state index in [1.807, 2.05) is 0 Å². The number of halogens is 4. The van der Waals surface area contributed by atoms with E-state index in [-0.39, 0.29) is 6.54 Å². The van der Waals surface area contributed by atoms with Crippen LogP contribution in [0.5, 0.6) is 0 Å². The summed E-state index contributed by atoms with van der Waals surface area (Å²) in [7, 11) is 0. The van der Waals surface area contributed by atoms with E-state index in [0.29, 0.717) is 17.7 Å². The second kappa shape index (κ2) is 6.23. The molecule has 1 aromatic rings. The highest BCUT2D eigenvalue weighted by Gasteiger charge is 2.31. The van der Waals surface area contributed by atoms with E-state index in [2.05, 4.69) is 0 Å². The van der Waals surface area contributed by atoms with E-state index in [4.69, 9.17) is 5.73 Å². The zero-order chi connectivity index (χ0) is 14.6. The van der Waals surface area contributed by atoms with E-state index in [0.717, 1.165) is 6.07 Å². The molecule has 0 saturated heterocycles. The first-order valence-corrected chi connectivity index (χ1v) is 6.11. The van der Waals surface area contributed by atoms with Gasteiger partial charge < -0.3 is 10.6 Å². The monoisotopic (exact) mass is 278 g/mol. The quantitative estimate of drug-likeness (QED) is 0.833. The van der Waals surface area contributed by atoms with Gasteiger partial charge in [0.2, 0.25) is 0 Å². The summed E-state index contributed by atoms with van der Waals surface area (Å²) in [4.78, 5) is 1.19. The molecule has 1 rings (SSSR count). The van der Waals surface area contributed by atoms with E-state index in [1.165, 1.54) is 17.0 Å². The number of benzene rings is 1. The molecule has 0 radical (unpaired) electrons. The van der Waals surface area contributed by atoms with Crippen LogP contribution < -0.4 is 10.6 Å². The number of anilines is 1. The maximum atomic E-state index is 13.2. The van der Waals surface area contributed by atoms with Gasteiger partial charge in [-0.3, -0.25) is 0 Å². The van der Waals surface area contributed by atoms with Gasteiger partial charge in [0.15, 0.2) is 0 Å². The largest absolute Gasteiger partial charge is 0.405 e. The van der Waals surface area contributed by atoms with Crippen molar-refractivity contribution in [1.82, 2.24) is 0 Å². The Balaban J connectivity index is 3.14. The number of hydrogen-bond donors (Lipinski definition) is 1. The molecule has 1 atom stereocenters. The van der Waals surface area contributed by atoms with Crippen LogP contribution in [0.3, 0.4) is 0 Å². The Hall–Kier alpha value is -1.30. The van der Waals surface area contributed by atoms with Gasteiger partial charge in [0, 0.05) is 18.3 Å². The predicted octanol–water partition coefficient (Wildman–Crippen LogP) is 3.62. The van der Waals surface area contributed by atoms with Crippen LogP contribution in [0.4, 0.5) is 23.2 Å². The smallest absolute Gasteiger partial charge is 0.362 e. The summed E-state index contributed by atoms with van der Waals surface area (Å²) < 4.78 is 50.9. The molecule has 0 aliphatic heterocycles. The van der Waals surface area contributed by atoms with Gasteiger partial charge >= 0.3 is 6.18 Å². The lowest BCUT2D eigenvalue weighted by Crippen LogP contribution is -2.35. The van der Waals surface area contributed by atoms with Crippen molar-refractivity contribution in [1.29, 1.82) is 0 Å². The van der Waals surface area contributed by atoms with Crippen LogP contribution in [0.1, 0.15) is 31.9 Å². The molecule has 0 aliphatic carbocycles. The molecule has 0 heterocycles. The molecule has 0 fully saturated rings. The second-order valence-electron chi connectivity index (χ2n) is 4.53. The Morgan fingerprint density at radius 3 is 2.42 bits per heavy atom. The summed E-state index contributed by atoms with van der Waals surface area (Å²) in [6.45, 7) is 2.59. The highest BCUT2D eigenvalue weighted by atomic mass is 19.4. The van der Waals surface area contributed by atoms with Crippen molar-refractivity contribution in [3.8, 4) is 0 Å². The Bertz CT molecular complexity index is 416. The van der Waals surface area contributed by atoms with Gasteiger partial charge in [-0.2, -0.15) is 13.2 Å². The minimum absolute atomic E-state index is 0.241. The normalized spacial score (nSPS) is 13.4.